The Morgan fingerprint density at radius 2 is 1.85 bits per heavy atom. The summed E-state index contributed by atoms with van der Waals surface area (Å²) in [5.74, 6) is 1.01. The maximum atomic E-state index is 12.6. The molecule has 40 heavy (non-hydrogen) atoms. The highest BCUT2D eigenvalue weighted by atomic mass is 127. The first kappa shape index (κ1) is 30.8. The Balaban J connectivity index is 1.66. The zero-order valence-corrected chi connectivity index (χ0v) is 25.2. The number of methoxy groups -OCH3 is 1. The molecule has 0 spiro atoms. The first-order valence-electron chi connectivity index (χ1n) is 12.2. The molecule has 0 aliphatic rings. The number of nitrogens with zero attached hydrogens (tertiary/aromatic N) is 1. The van der Waals surface area contributed by atoms with Gasteiger partial charge in [0.15, 0.2) is 29.6 Å². The van der Waals surface area contributed by atoms with E-state index < -0.39 is 5.91 Å². The first-order chi connectivity index (χ1) is 19.2. The summed E-state index contributed by atoms with van der Waals surface area (Å²) in [7, 11) is 1.49. The molecule has 0 unspecified atom stereocenters. The van der Waals surface area contributed by atoms with Crippen LogP contribution in [-0.4, -0.2) is 45.0 Å². The lowest BCUT2D eigenvalue weighted by Crippen LogP contribution is -2.20. The van der Waals surface area contributed by atoms with Gasteiger partial charge in [-0.3, -0.25) is 9.59 Å². The molecule has 3 rings (SSSR count). The van der Waals surface area contributed by atoms with Gasteiger partial charge < -0.3 is 24.3 Å². The van der Waals surface area contributed by atoms with E-state index in [1.54, 1.807) is 48.5 Å². The van der Waals surface area contributed by atoms with E-state index in [1.807, 2.05) is 19.9 Å². The van der Waals surface area contributed by atoms with Crippen LogP contribution in [0.3, 0.4) is 0 Å². The number of nitrogens with one attached hydrogen (secondary N) is 2. The van der Waals surface area contributed by atoms with Crippen LogP contribution in [-0.2, 0) is 4.79 Å². The molecule has 9 nitrogen and oxygen atoms in total. The van der Waals surface area contributed by atoms with Gasteiger partial charge in [-0.2, -0.15) is 5.10 Å². The number of hydrogen-bond donors (Lipinski definition) is 2. The molecule has 2 N–H and O–H groups in total. The number of benzene rings is 3. The average molecular weight is 678 g/mol. The van der Waals surface area contributed by atoms with Crippen LogP contribution in [0, 0.1) is 10.5 Å². The summed E-state index contributed by atoms with van der Waals surface area (Å²) in [6, 6.07) is 13.6. The minimum absolute atomic E-state index is 0.230. The zero-order chi connectivity index (χ0) is 29.1. The molecular weight excluding hydrogens is 649 g/mol. The molecule has 0 aromatic heterocycles. The van der Waals surface area contributed by atoms with Crippen LogP contribution < -0.4 is 29.7 Å². The maximum Gasteiger partial charge on any atom is 0.271 e. The molecule has 0 saturated heterocycles. The number of rotatable bonds is 13. The molecule has 0 saturated carbocycles. The van der Waals surface area contributed by atoms with E-state index in [4.69, 9.17) is 30.5 Å². The van der Waals surface area contributed by atoms with E-state index in [9.17, 15) is 9.59 Å². The van der Waals surface area contributed by atoms with E-state index in [1.165, 1.54) is 13.3 Å². The lowest BCUT2D eigenvalue weighted by molar-refractivity contribution is -0.118. The second-order valence-corrected chi connectivity index (χ2v) is 9.80. The van der Waals surface area contributed by atoms with E-state index in [0.717, 1.165) is 5.56 Å². The molecule has 210 valence electrons. The van der Waals surface area contributed by atoms with Crippen molar-refractivity contribution in [2.45, 2.75) is 13.8 Å². The molecule has 0 aliphatic heterocycles. The van der Waals surface area contributed by atoms with Gasteiger partial charge in [0.05, 0.1) is 23.5 Å². The minimum atomic E-state index is -0.426. The highest BCUT2D eigenvalue weighted by Crippen LogP contribution is 2.34. The van der Waals surface area contributed by atoms with Crippen LogP contribution in [0.2, 0.25) is 5.02 Å². The number of hydrazone groups is 1. The summed E-state index contributed by atoms with van der Waals surface area (Å²) in [6.45, 7) is 7.80. The number of hydrogen-bond acceptors (Lipinski definition) is 7. The van der Waals surface area contributed by atoms with E-state index in [2.05, 4.69) is 45.0 Å². The summed E-state index contributed by atoms with van der Waals surface area (Å²) < 4.78 is 23.1. The molecule has 0 heterocycles. The van der Waals surface area contributed by atoms with Crippen molar-refractivity contribution in [2.24, 2.45) is 5.10 Å². The van der Waals surface area contributed by atoms with Gasteiger partial charge in [-0.1, -0.05) is 30.3 Å². The van der Waals surface area contributed by atoms with Gasteiger partial charge in [0.1, 0.15) is 6.61 Å². The lowest BCUT2D eigenvalue weighted by atomic mass is 10.2. The molecule has 3 aromatic rings. The Hall–Kier alpha value is -3.77. The number of aryl methyl sites for hydroxylation is 1. The fourth-order valence-corrected chi connectivity index (χ4v) is 4.34. The predicted octanol–water partition coefficient (Wildman–Crippen LogP) is 6.01. The largest absolute Gasteiger partial charge is 0.493 e. The van der Waals surface area contributed by atoms with Crippen molar-refractivity contribution in [3.05, 3.63) is 86.5 Å². The monoisotopic (exact) mass is 677 g/mol. The third-order valence-electron chi connectivity index (χ3n) is 5.30. The standard InChI is InChI=1S/C29H29ClIN3O6/c1-5-11-39-24-10-8-20(14-25(24)37-4)29(36)34-32-16-19-12-23(31)28(26(13-19)38-6-2)40-17-27(35)33-21-9-7-18(3)22(30)15-21/h5,7-10,12-16H,1,6,11,17H2,2-4H3,(H,33,35)(H,34,36)/b32-16+. The molecule has 0 atom stereocenters. The quantitative estimate of drug-likeness (QED) is 0.0994. The fourth-order valence-electron chi connectivity index (χ4n) is 3.38. The number of carbonyl (C=O) groups is 2. The van der Waals surface area contributed by atoms with Crippen LogP contribution in [0.5, 0.6) is 23.0 Å². The summed E-state index contributed by atoms with van der Waals surface area (Å²) in [6.07, 6.45) is 3.10. The summed E-state index contributed by atoms with van der Waals surface area (Å²) >= 11 is 8.22. The smallest absolute Gasteiger partial charge is 0.271 e. The second kappa shape index (κ2) is 15.1. The summed E-state index contributed by atoms with van der Waals surface area (Å²) in [4.78, 5) is 25.1. The van der Waals surface area contributed by atoms with E-state index in [-0.39, 0.29) is 12.5 Å². The van der Waals surface area contributed by atoms with Gasteiger partial charge in [-0.25, -0.2) is 5.43 Å². The Bertz CT molecular complexity index is 1410. The van der Waals surface area contributed by atoms with Crippen LogP contribution in [0.25, 0.3) is 0 Å². The Labute approximate surface area is 251 Å². The molecule has 0 bridgehead atoms. The first-order valence-corrected chi connectivity index (χ1v) is 13.6. The molecule has 11 heteroatoms. The van der Waals surface area contributed by atoms with Gasteiger partial charge in [-0.15, -0.1) is 0 Å². The zero-order valence-electron chi connectivity index (χ0n) is 22.3. The average Bonchev–Trinajstić information content (AvgIpc) is 2.93. The van der Waals surface area contributed by atoms with Crippen LogP contribution in [0.1, 0.15) is 28.4 Å². The third kappa shape index (κ3) is 8.62. The van der Waals surface area contributed by atoms with Crippen molar-refractivity contribution in [1.29, 1.82) is 0 Å². The molecular formula is C29H29ClIN3O6. The minimum Gasteiger partial charge on any atom is -0.493 e. The van der Waals surface area contributed by atoms with Crippen molar-refractivity contribution in [3.8, 4) is 23.0 Å². The van der Waals surface area contributed by atoms with Crippen molar-refractivity contribution in [2.75, 3.05) is 32.2 Å². The second-order valence-electron chi connectivity index (χ2n) is 8.23. The normalized spacial score (nSPS) is 10.6. The van der Waals surface area contributed by atoms with Crippen LogP contribution >= 0.6 is 34.2 Å². The molecule has 3 aromatic carbocycles. The molecule has 0 fully saturated rings. The van der Waals surface area contributed by atoms with Crippen molar-refractivity contribution in [1.82, 2.24) is 5.43 Å². The topological polar surface area (TPSA) is 107 Å². The fraction of sp³-hybridized carbons (Fsp3) is 0.207. The number of anilines is 1. The van der Waals surface area contributed by atoms with E-state index >= 15 is 0 Å². The number of ether oxygens (including phenoxy) is 4. The van der Waals surface area contributed by atoms with Crippen molar-refractivity contribution in [3.63, 3.8) is 0 Å². The lowest BCUT2D eigenvalue weighted by Gasteiger charge is -2.15. The van der Waals surface area contributed by atoms with Crippen molar-refractivity contribution >= 4 is 57.9 Å². The van der Waals surface area contributed by atoms with Gasteiger partial charge in [0.25, 0.3) is 11.8 Å². The maximum absolute atomic E-state index is 12.6. The van der Waals surface area contributed by atoms with Gasteiger partial charge in [0, 0.05) is 16.3 Å². The van der Waals surface area contributed by atoms with Crippen LogP contribution in [0.15, 0.2) is 66.3 Å². The summed E-state index contributed by atoms with van der Waals surface area (Å²) in [5.41, 5.74) is 5.00. The number of amides is 2. The predicted molar refractivity (Wildman–Crippen MR) is 164 cm³/mol. The third-order valence-corrected chi connectivity index (χ3v) is 6.51. The Morgan fingerprint density at radius 3 is 2.55 bits per heavy atom. The number of halogens is 2. The summed E-state index contributed by atoms with van der Waals surface area (Å²) in [5, 5.41) is 7.39. The number of carbonyl (C=O) groups excluding carboxylic acids is 2. The van der Waals surface area contributed by atoms with Crippen molar-refractivity contribution < 1.29 is 28.5 Å². The molecule has 0 aliphatic carbocycles. The van der Waals surface area contributed by atoms with Gasteiger partial charge in [-0.05, 0) is 90.0 Å². The van der Waals surface area contributed by atoms with Gasteiger partial charge >= 0.3 is 0 Å². The highest BCUT2D eigenvalue weighted by molar-refractivity contribution is 14.1. The van der Waals surface area contributed by atoms with Crippen LogP contribution in [0.4, 0.5) is 5.69 Å². The highest BCUT2D eigenvalue weighted by Gasteiger charge is 2.15. The van der Waals surface area contributed by atoms with Gasteiger partial charge in [0.2, 0.25) is 0 Å². The molecule has 0 radical (unpaired) electrons. The molecule has 2 amide bonds. The Morgan fingerprint density at radius 1 is 1.05 bits per heavy atom. The Kier molecular flexibility index (Phi) is 11.6. The SMILES string of the molecule is C=CCOc1ccc(C(=O)N/N=C/c2cc(I)c(OCC(=O)Nc3ccc(C)c(Cl)c3)c(OCC)c2)cc1OC. The van der Waals surface area contributed by atoms with E-state index in [0.29, 0.717) is 61.6 Å².